The highest BCUT2D eigenvalue weighted by Gasteiger charge is 2.37. The predicted molar refractivity (Wildman–Crippen MR) is 118 cm³/mol. The summed E-state index contributed by atoms with van der Waals surface area (Å²) in [7, 11) is 4.18. The maximum Gasteiger partial charge on any atom is 0.416 e. The van der Waals surface area contributed by atoms with Gasteiger partial charge in [-0.1, -0.05) is 0 Å². The molecule has 0 aliphatic heterocycles. The number of carbonyl (C=O) groups is 1. The zero-order chi connectivity index (χ0) is 27.0. The van der Waals surface area contributed by atoms with E-state index in [2.05, 4.69) is 0 Å². The van der Waals surface area contributed by atoms with Crippen LogP contribution in [0.2, 0.25) is 0 Å². The SMILES string of the molecule is COc1cc(Cn2c(-c3cc(C(F)(F)F)cc(C(F)(F)F)c3)cc(C(N)=O)c2C)cc(OC)c1OC. The molecule has 194 valence electrons. The Hall–Kier alpha value is -3.83. The van der Waals surface area contributed by atoms with Gasteiger partial charge >= 0.3 is 12.4 Å². The molecule has 0 spiro atoms. The number of hydrogen-bond donors (Lipinski definition) is 1. The van der Waals surface area contributed by atoms with Gasteiger partial charge in [0.25, 0.3) is 5.91 Å². The first-order valence-corrected chi connectivity index (χ1v) is 10.3. The molecule has 0 saturated carbocycles. The van der Waals surface area contributed by atoms with Gasteiger partial charge < -0.3 is 24.5 Å². The van der Waals surface area contributed by atoms with Gasteiger partial charge in [-0.15, -0.1) is 0 Å². The van der Waals surface area contributed by atoms with Crippen molar-refractivity contribution in [1.82, 2.24) is 4.57 Å². The Balaban J connectivity index is 2.28. The van der Waals surface area contributed by atoms with Crippen LogP contribution in [0.5, 0.6) is 17.2 Å². The Morgan fingerprint density at radius 2 is 1.33 bits per heavy atom. The number of carbonyl (C=O) groups excluding carboxylic acids is 1. The van der Waals surface area contributed by atoms with Crippen LogP contribution in [-0.4, -0.2) is 31.8 Å². The summed E-state index contributed by atoms with van der Waals surface area (Å²) < 4.78 is 98.1. The Morgan fingerprint density at radius 3 is 1.72 bits per heavy atom. The van der Waals surface area contributed by atoms with E-state index in [1.165, 1.54) is 38.9 Å². The Kier molecular flexibility index (Phi) is 7.19. The Bertz CT molecular complexity index is 1240. The lowest BCUT2D eigenvalue weighted by Gasteiger charge is -2.18. The van der Waals surface area contributed by atoms with Gasteiger partial charge in [0.1, 0.15) is 0 Å². The molecule has 0 atom stereocenters. The second kappa shape index (κ2) is 9.67. The molecule has 3 rings (SSSR count). The number of hydrogen-bond acceptors (Lipinski definition) is 4. The molecule has 0 saturated heterocycles. The average molecular weight is 516 g/mol. The van der Waals surface area contributed by atoms with Crippen LogP contribution in [-0.2, 0) is 18.9 Å². The van der Waals surface area contributed by atoms with Crippen LogP contribution in [0.1, 0.15) is 32.7 Å². The highest BCUT2D eigenvalue weighted by molar-refractivity contribution is 5.95. The second-order valence-electron chi connectivity index (χ2n) is 7.81. The summed E-state index contributed by atoms with van der Waals surface area (Å²) in [5.41, 5.74) is 2.71. The molecular weight excluding hydrogens is 494 g/mol. The lowest BCUT2D eigenvalue weighted by Crippen LogP contribution is -2.13. The van der Waals surface area contributed by atoms with E-state index in [9.17, 15) is 31.1 Å². The zero-order valence-corrected chi connectivity index (χ0v) is 19.6. The lowest BCUT2D eigenvalue weighted by atomic mass is 10.0. The van der Waals surface area contributed by atoms with Gasteiger partial charge in [-0.2, -0.15) is 26.3 Å². The quantitative estimate of drug-likeness (QED) is 0.411. The molecule has 1 amide bonds. The predicted octanol–water partition coefficient (Wildman–Crippen LogP) is 5.67. The van der Waals surface area contributed by atoms with Gasteiger partial charge in [0.05, 0.1) is 38.0 Å². The molecule has 0 radical (unpaired) electrons. The smallest absolute Gasteiger partial charge is 0.416 e. The number of methoxy groups -OCH3 is 3. The van der Waals surface area contributed by atoms with Crippen molar-refractivity contribution in [3.63, 3.8) is 0 Å². The zero-order valence-electron chi connectivity index (χ0n) is 19.6. The van der Waals surface area contributed by atoms with Crippen molar-refractivity contribution >= 4 is 5.91 Å². The number of ether oxygens (including phenoxy) is 3. The van der Waals surface area contributed by atoms with Crippen molar-refractivity contribution in [2.75, 3.05) is 21.3 Å². The number of halogens is 6. The molecule has 0 fully saturated rings. The number of amides is 1. The minimum Gasteiger partial charge on any atom is -0.493 e. The van der Waals surface area contributed by atoms with Crippen molar-refractivity contribution in [3.05, 3.63) is 64.3 Å². The van der Waals surface area contributed by atoms with Crippen LogP contribution in [0.4, 0.5) is 26.3 Å². The second-order valence-corrected chi connectivity index (χ2v) is 7.81. The monoisotopic (exact) mass is 516 g/mol. The number of benzene rings is 2. The highest BCUT2D eigenvalue weighted by Crippen LogP contribution is 2.41. The number of rotatable bonds is 7. The third-order valence-corrected chi connectivity index (χ3v) is 5.58. The number of primary amides is 1. The first-order valence-electron chi connectivity index (χ1n) is 10.3. The van der Waals surface area contributed by atoms with Crippen LogP contribution in [0.15, 0.2) is 36.4 Å². The Labute approximate surface area is 202 Å². The van der Waals surface area contributed by atoms with Crippen LogP contribution in [0.25, 0.3) is 11.3 Å². The van der Waals surface area contributed by atoms with E-state index in [-0.39, 0.29) is 46.6 Å². The summed E-state index contributed by atoms with van der Waals surface area (Å²) in [5, 5.41) is 0. The number of alkyl halides is 6. The fourth-order valence-electron chi connectivity index (χ4n) is 3.85. The van der Waals surface area contributed by atoms with Crippen LogP contribution in [0, 0.1) is 6.92 Å². The molecule has 36 heavy (non-hydrogen) atoms. The van der Waals surface area contributed by atoms with Crippen molar-refractivity contribution < 1.29 is 45.3 Å². The standard InChI is InChI=1S/C24H22F6N2O4/c1-12-17(22(31)33)10-18(14-7-15(23(25,26)27)9-16(8-14)24(28,29)30)32(12)11-13-5-19(34-2)21(36-4)20(6-13)35-3/h5-10H,11H2,1-4H3,(H2,31,33). The van der Waals surface area contributed by atoms with Crippen molar-refractivity contribution in [2.45, 2.75) is 25.8 Å². The van der Waals surface area contributed by atoms with E-state index >= 15 is 0 Å². The average Bonchev–Trinajstić information content (AvgIpc) is 3.13. The third kappa shape index (κ3) is 5.21. The Morgan fingerprint density at radius 1 is 0.833 bits per heavy atom. The van der Waals surface area contributed by atoms with E-state index in [0.717, 1.165) is 0 Å². The summed E-state index contributed by atoms with van der Waals surface area (Å²) >= 11 is 0. The number of aromatic nitrogens is 1. The van der Waals surface area contributed by atoms with Crippen LogP contribution >= 0.6 is 0 Å². The van der Waals surface area contributed by atoms with Crippen LogP contribution < -0.4 is 19.9 Å². The lowest BCUT2D eigenvalue weighted by molar-refractivity contribution is -0.143. The first-order chi connectivity index (χ1) is 16.7. The normalized spacial score (nSPS) is 11.9. The number of nitrogens with zero attached hydrogens (tertiary/aromatic N) is 1. The molecule has 12 heteroatoms. The maximum atomic E-state index is 13.5. The van der Waals surface area contributed by atoms with Crippen molar-refractivity contribution in [1.29, 1.82) is 0 Å². The molecule has 3 aromatic rings. The summed E-state index contributed by atoms with van der Waals surface area (Å²) in [6.45, 7) is 1.42. The summed E-state index contributed by atoms with van der Waals surface area (Å²) in [5.74, 6) is -0.0299. The van der Waals surface area contributed by atoms with Crippen molar-refractivity contribution in [2.24, 2.45) is 5.73 Å². The third-order valence-electron chi connectivity index (χ3n) is 5.58. The minimum absolute atomic E-state index is 0.0395. The molecular formula is C24H22F6N2O4. The molecule has 0 bridgehead atoms. The van der Waals surface area contributed by atoms with Gasteiger partial charge in [0.2, 0.25) is 5.75 Å². The van der Waals surface area contributed by atoms with Crippen molar-refractivity contribution in [3.8, 4) is 28.5 Å². The highest BCUT2D eigenvalue weighted by atomic mass is 19.4. The van der Waals surface area contributed by atoms with Gasteiger partial charge in [0, 0.05) is 17.9 Å². The van der Waals surface area contributed by atoms with Gasteiger partial charge in [0.15, 0.2) is 11.5 Å². The fourth-order valence-corrected chi connectivity index (χ4v) is 3.85. The fraction of sp³-hybridized carbons (Fsp3) is 0.292. The van der Waals surface area contributed by atoms with E-state index < -0.39 is 29.4 Å². The van der Waals surface area contributed by atoms with E-state index in [0.29, 0.717) is 23.4 Å². The molecule has 0 aliphatic carbocycles. The van der Waals surface area contributed by atoms with Gasteiger partial charge in [-0.05, 0) is 54.4 Å². The first kappa shape index (κ1) is 26.8. The molecule has 0 aliphatic rings. The van der Waals surface area contributed by atoms with E-state index in [4.69, 9.17) is 19.9 Å². The molecule has 2 aromatic carbocycles. The van der Waals surface area contributed by atoms with E-state index in [1.807, 2.05) is 0 Å². The largest absolute Gasteiger partial charge is 0.493 e. The summed E-state index contributed by atoms with van der Waals surface area (Å²) in [6.07, 6.45) is -10.1. The van der Waals surface area contributed by atoms with Gasteiger partial charge in [-0.3, -0.25) is 4.79 Å². The molecule has 1 heterocycles. The minimum atomic E-state index is -5.04. The summed E-state index contributed by atoms with van der Waals surface area (Å²) in [6, 6.07) is 5.55. The molecule has 6 nitrogen and oxygen atoms in total. The molecule has 1 aromatic heterocycles. The molecule has 2 N–H and O–H groups in total. The van der Waals surface area contributed by atoms with Crippen LogP contribution in [0.3, 0.4) is 0 Å². The van der Waals surface area contributed by atoms with Gasteiger partial charge in [-0.25, -0.2) is 0 Å². The number of nitrogens with two attached hydrogens (primary N) is 1. The maximum absolute atomic E-state index is 13.5. The molecule has 0 unspecified atom stereocenters. The van der Waals surface area contributed by atoms with E-state index in [1.54, 1.807) is 12.1 Å². The summed E-state index contributed by atoms with van der Waals surface area (Å²) in [4.78, 5) is 12.0. The topological polar surface area (TPSA) is 75.7 Å².